The number of hydrogen-bond donors (Lipinski definition) is 1. The summed E-state index contributed by atoms with van der Waals surface area (Å²) < 4.78 is 35.0. The molecule has 3 nitrogen and oxygen atoms in total. The van der Waals surface area contributed by atoms with Crippen LogP contribution in [0.1, 0.15) is 5.56 Å². The number of rotatable bonds is 5. The van der Waals surface area contributed by atoms with E-state index in [4.69, 9.17) is 5.73 Å². The summed E-state index contributed by atoms with van der Waals surface area (Å²) in [7, 11) is -2.93. The maximum Gasteiger partial charge on any atom is 0.148 e. The molecule has 16 heavy (non-hydrogen) atoms. The molecule has 0 spiro atoms. The van der Waals surface area contributed by atoms with Gasteiger partial charge in [-0.2, -0.15) is 11.8 Å². The number of benzene rings is 1. The second kappa shape index (κ2) is 5.54. The fraction of sp³-hybridized carbons (Fsp3) is 0.400. The fourth-order valence-corrected chi connectivity index (χ4v) is 3.35. The molecular formula is C10H14FNO2S2. The lowest BCUT2D eigenvalue weighted by molar-refractivity contribution is 0.603. The quantitative estimate of drug-likeness (QED) is 0.648. The molecule has 1 aromatic rings. The predicted molar refractivity (Wildman–Crippen MR) is 66.7 cm³/mol. The molecule has 0 aliphatic heterocycles. The Balaban J connectivity index is 2.43. The fourth-order valence-electron chi connectivity index (χ4n) is 1.07. The van der Waals surface area contributed by atoms with Crippen LogP contribution in [0.3, 0.4) is 0 Å². The summed E-state index contributed by atoms with van der Waals surface area (Å²) in [5.74, 6) is 0.713. The van der Waals surface area contributed by atoms with Gasteiger partial charge in [-0.3, -0.25) is 0 Å². The topological polar surface area (TPSA) is 60.2 Å². The lowest BCUT2D eigenvalue weighted by Gasteiger charge is -2.03. The van der Waals surface area contributed by atoms with E-state index in [9.17, 15) is 12.8 Å². The molecule has 1 aromatic carbocycles. The molecule has 0 atom stereocenters. The summed E-state index contributed by atoms with van der Waals surface area (Å²) >= 11 is 1.39. The van der Waals surface area contributed by atoms with Crippen LogP contribution in [-0.4, -0.2) is 26.2 Å². The van der Waals surface area contributed by atoms with Crippen LogP contribution in [0.4, 0.5) is 10.1 Å². The van der Waals surface area contributed by atoms with Gasteiger partial charge in [0.2, 0.25) is 0 Å². The Kier molecular flexibility index (Phi) is 4.61. The van der Waals surface area contributed by atoms with E-state index in [1.54, 1.807) is 12.1 Å². The van der Waals surface area contributed by atoms with Crippen molar-refractivity contribution < 1.29 is 12.8 Å². The molecule has 0 aliphatic carbocycles. The molecule has 6 heteroatoms. The largest absolute Gasteiger partial charge is 0.399 e. The summed E-state index contributed by atoms with van der Waals surface area (Å²) in [4.78, 5) is 0. The molecule has 0 unspecified atom stereocenters. The summed E-state index contributed by atoms with van der Waals surface area (Å²) in [5.41, 5.74) is 6.35. The zero-order valence-corrected chi connectivity index (χ0v) is 10.6. The van der Waals surface area contributed by atoms with Crippen molar-refractivity contribution in [2.45, 2.75) is 5.75 Å². The van der Waals surface area contributed by atoms with E-state index in [1.165, 1.54) is 24.1 Å². The predicted octanol–water partition coefficient (Wildman–Crippen LogP) is 1.69. The number of hydrogen-bond acceptors (Lipinski definition) is 4. The highest BCUT2D eigenvalue weighted by atomic mass is 32.2. The van der Waals surface area contributed by atoms with Gasteiger partial charge < -0.3 is 5.73 Å². The molecule has 0 saturated heterocycles. The Morgan fingerprint density at radius 2 is 2.12 bits per heavy atom. The van der Waals surface area contributed by atoms with Crippen molar-refractivity contribution in [1.29, 1.82) is 0 Å². The van der Waals surface area contributed by atoms with Crippen LogP contribution in [0.25, 0.3) is 0 Å². The first-order valence-corrected chi connectivity index (χ1v) is 7.89. The van der Waals surface area contributed by atoms with Gasteiger partial charge in [0.15, 0.2) is 0 Å². The van der Waals surface area contributed by atoms with Crippen molar-refractivity contribution in [2.24, 2.45) is 0 Å². The van der Waals surface area contributed by atoms with Gasteiger partial charge in [-0.05, 0) is 17.7 Å². The molecular weight excluding hydrogens is 249 g/mol. The summed E-state index contributed by atoms with van der Waals surface area (Å²) in [6, 6.07) is 4.53. The second-order valence-electron chi connectivity index (χ2n) is 3.53. The molecule has 90 valence electrons. The lowest BCUT2D eigenvalue weighted by atomic mass is 10.2. The highest BCUT2D eigenvalue weighted by Gasteiger charge is 2.05. The lowest BCUT2D eigenvalue weighted by Crippen LogP contribution is -2.05. The van der Waals surface area contributed by atoms with E-state index >= 15 is 0 Å². The average molecular weight is 263 g/mol. The van der Waals surface area contributed by atoms with E-state index in [-0.39, 0.29) is 11.6 Å². The maximum absolute atomic E-state index is 13.3. The van der Waals surface area contributed by atoms with Crippen molar-refractivity contribution in [1.82, 2.24) is 0 Å². The molecule has 0 fully saturated rings. The van der Waals surface area contributed by atoms with Gasteiger partial charge in [0.05, 0.1) is 5.75 Å². The number of nitrogen functional groups attached to an aromatic ring is 1. The van der Waals surface area contributed by atoms with E-state index in [2.05, 4.69) is 0 Å². The number of anilines is 1. The van der Waals surface area contributed by atoms with Crippen LogP contribution in [0.5, 0.6) is 0 Å². The van der Waals surface area contributed by atoms with Crippen LogP contribution >= 0.6 is 11.8 Å². The van der Waals surface area contributed by atoms with Crippen LogP contribution in [0.2, 0.25) is 0 Å². The van der Waals surface area contributed by atoms with Gasteiger partial charge >= 0.3 is 0 Å². The molecule has 0 saturated carbocycles. The maximum atomic E-state index is 13.3. The van der Waals surface area contributed by atoms with E-state index < -0.39 is 9.84 Å². The SMILES string of the molecule is CS(=O)(=O)CCSCc1ccc(N)cc1F. The van der Waals surface area contributed by atoms with Crippen LogP contribution in [-0.2, 0) is 15.6 Å². The van der Waals surface area contributed by atoms with Gasteiger partial charge in [-0.1, -0.05) is 6.07 Å². The first-order valence-electron chi connectivity index (χ1n) is 4.68. The van der Waals surface area contributed by atoms with E-state index in [0.29, 0.717) is 22.8 Å². The Morgan fingerprint density at radius 1 is 1.44 bits per heavy atom. The highest BCUT2D eigenvalue weighted by Crippen LogP contribution is 2.18. The Hall–Kier alpha value is -0.750. The first-order chi connectivity index (χ1) is 7.38. The van der Waals surface area contributed by atoms with Gasteiger partial charge in [-0.25, -0.2) is 12.8 Å². The van der Waals surface area contributed by atoms with Crippen LogP contribution < -0.4 is 5.73 Å². The summed E-state index contributed by atoms with van der Waals surface area (Å²) in [5, 5.41) is 0. The second-order valence-corrected chi connectivity index (χ2v) is 6.90. The standard InChI is InChI=1S/C10H14FNO2S2/c1-16(13,14)5-4-15-7-8-2-3-9(12)6-10(8)11/h2-3,6H,4-5,7,12H2,1H3. The normalized spacial score (nSPS) is 11.6. The van der Waals surface area contributed by atoms with E-state index in [0.717, 1.165) is 0 Å². The van der Waals surface area contributed by atoms with Crippen molar-refractivity contribution in [3.05, 3.63) is 29.6 Å². The molecule has 2 N–H and O–H groups in total. The number of nitrogens with two attached hydrogens (primary N) is 1. The van der Waals surface area contributed by atoms with Gasteiger partial charge in [0.1, 0.15) is 15.7 Å². The minimum atomic E-state index is -2.93. The monoisotopic (exact) mass is 263 g/mol. The zero-order chi connectivity index (χ0) is 12.2. The van der Waals surface area contributed by atoms with Crippen molar-refractivity contribution >= 4 is 27.3 Å². The number of halogens is 1. The summed E-state index contributed by atoms with van der Waals surface area (Å²) in [6.45, 7) is 0. The third kappa shape index (κ3) is 4.85. The molecule has 0 aromatic heterocycles. The minimum absolute atomic E-state index is 0.119. The molecule has 0 radical (unpaired) electrons. The first kappa shape index (κ1) is 13.3. The summed E-state index contributed by atoms with van der Waals surface area (Å²) in [6.07, 6.45) is 1.19. The Bertz CT molecular complexity index is 460. The Labute approximate surface area is 99.1 Å². The number of thioether (sulfide) groups is 1. The van der Waals surface area contributed by atoms with Crippen molar-refractivity contribution in [3.63, 3.8) is 0 Å². The van der Waals surface area contributed by atoms with Crippen molar-refractivity contribution in [3.8, 4) is 0 Å². The highest BCUT2D eigenvalue weighted by molar-refractivity contribution is 7.99. The zero-order valence-electron chi connectivity index (χ0n) is 8.94. The van der Waals surface area contributed by atoms with E-state index in [1.807, 2.05) is 0 Å². The molecule has 1 rings (SSSR count). The van der Waals surface area contributed by atoms with Gasteiger partial charge in [0, 0.05) is 23.4 Å². The van der Waals surface area contributed by atoms with Crippen LogP contribution in [0, 0.1) is 5.82 Å². The molecule has 0 amide bonds. The third-order valence-corrected chi connectivity index (χ3v) is 4.15. The minimum Gasteiger partial charge on any atom is -0.399 e. The van der Waals surface area contributed by atoms with Crippen molar-refractivity contribution in [2.75, 3.05) is 23.5 Å². The Morgan fingerprint density at radius 3 is 2.69 bits per heavy atom. The smallest absolute Gasteiger partial charge is 0.148 e. The van der Waals surface area contributed by atoms with Gasteiger partial charge in [0.25, 0.3) is 0 Å². The average Bonchev–Trinajstić information content (AvgIpc) is 2.13. The molecule has 0 bridgehead atoms. The molecule has 0 aliphatic rings. The third-order valence-electron chi connectivity index (χ3n) is 1.93. The van der Waals surface area contributed by atoms with Gasteiger partial charge in [-0.15, -0.1) is 0 Å². The number of sulfone groups is 1. The van der Waals surface area contributed by atoms with Crippen LogP contribution in [0.15, 0.2) is 18.2 Å². The molecule has 0 heterocycles.